The van der Waals surface area contributed by atoms with E-state index in [1.165, 1.54) is 10.9 Å². The van der Waals surface area contributed by atoms with Gasteiger partial charge in [0.25, 0.3) is 0 Å². The molecule has 0 aliphatic rings. The second-order valence-corrected chi connectivity index (χ2v) is 6.12. The Labute approximate surface area is 140 Å². The van der Waals surface area contributed by atoms with Crippen molar-refractivity contribution in [2.24, 2.45) is 0 Å². The van der Waals surface area contributed by atoms with E-state index < -0.39 is 0 Å². The second kappa shape index (κ2) is 5.27. The van der Waals surface area contributed by atoms with Crippen LogP contribution in [0.5, 0.6) is 0 Å². The Morgan fingerprint density at radius 3 is 2.87 bits per heavy atom. The molecule has 0 saturated carbocycles. The number of nitrogen functional groups attached to an aromatic ring is 1. The van der Waals surface area contributed by atoms with Crippen LogP contribution in [0.15, 0.2) is 41.3 Å². The molecule has 0 spiro atoms. The number of hydrogen-bond acceptors (Lipinski definition) is 5. The van der Waals surface area contributed by atoms with Gasteiger partial charge in [0.15, 0.2) is 5.65 Å². The number of para-hydroxylation sites is 1. The van der Waals surface area contributed by atoms with E-state index in [0.717, 1.165) is 11.2 Å². The Balaban J connectivity index is 1.82. The zero-order chi connectivity index (χ0) is 16.0. The van der Waals surface area contributed by atoms with Crippen LogP contribution in [0.3, 0.4) is 0 Å². The number of aryl methyl sites for hydroxylation is 1. The number of nitrogens with two attached hydrogens (primary N) is 1. The average molecular weight is 369 g/mol. The number of nitrogens with zero attached hydrogens (tertiary/aromatic N) is 5. The van der Waals surface area contributed by atoms with Crippen molar-refractivity contribution in [3.8, 4) is 0 Å². The first-order chi connectivity index (χ1) is 11.1. The Morgan fingerprint density at radius 1 is 1.17 bits per heavy atom. The van der Waals surface area contributed by atoms with Crippen LogP contribution < -0.4 is 5.73 Å². The van der Waals surface area contributed by atoms with Crippen LogP contribution in [-0.4, -0.2) is 24.5 Å². The van der Waals surface area contributed by atoms with Gasteiger partial charge in [-0.1, -0.05) is 18.2 Å². The van der Waals surface area contributed by atoms with Crippen LogP contribution in [0.2, 0.25) is 0 Å². The molecule has 1 aromatic carbocycles. The highest BCUT2D eigenvalue weighted by Crippen LogP contribution is 2.22. The van der Waals surface area contributed by atoms with Gasteiger partial charge in [0, 0.05) is 5.39 Å². The summed E-state index contributed by atoms with van der Waals surface area (Å²) >= 11 is 3.37. The Morgan fingerprint density at radius 2 is 2.00 bits per heavy atom. The monoisotopic (exact) mass is 368 g/mol. The van der Waals surface area contributed by atoms with E-state index in [2.05, 4.69) is 49.9 Å². The van der Waals surface area contributed by atoms with E-state index >= 15 is 0 Å². The number of aromatic nitrogens is 5. The predicted molar refractivity (Wildman–Crippen MR) is 93.0 cm³/mol. The molecule has 23 heavy (non-hydrogen) atoms. The summed E-state index contributed by atoms with van der Waals surface area (Å²) in [5, 5.41) is 1.17. The molecule has 4 rings (SSSR count). The second-order valence-electron chi connectivity index (χ2n) is 5.36. The van der Waals surface area contributed by atoms with Crippen LogP contribution in [0.25, 0.3) is 22.1 Å². The minimum atomic E-state index is 0.216. The molecule has 0 amide bonds. The summed E-state index contributed by atoms with van der Waals surface area (Å²) in [5.41, 5.74) is 10.3. The summed E-state index contributed by atoms with van der Waals surface area (Å²) in [6.45, 7) is 2.67. The third-order valence-corrected chi connectivity index (χ3v) is 4.30. The number of hydrogen-bond donors (Lipinski definition) is 1. The number of imidazole rings is 1. The third-order valence-electron chi connectivity index (χ3n) is 3.75. The number of anilines is 1. The number of halogens is 1. The summed E-state index contributed by atoms with van der Waals surface area (Å²) in [6.07, 6.45) is 1.73. The number of benzene rings is 1. The molecular formula is C16H13BrN6. The molecule has 0 saturated heterocycles. The van der Waals surface area contributed by atoms with Gasteiger partial charge >= 0.3 is 0 Å². The molecule has 0 atom stereocenters. The molecule has 0 aliphatic carbocycles. The number of pyridine rings is 1. The van der Waals surface area contributed by atoms with E-state index in [9.17, 15) is 0 Å². The molecular weight excluding hydrogens is 356 g/mol. The molecule has 0 aliphatic heterocycles. The maximum atomic E-state index is 5.74. The van der Waals surface area contributed by atoms with Gasteiger partial charge in [0.05, 0.1) is 24.1 Å². The fourth-order valence-corrected chi connectivity index (χ4v) is 3.18. The standard InChI is InChI=1S/C16H13BrN6/c1-9-6-10(20-12-5-3-2-4-11(9)12)7-23-8-19-13-14(17)21-16(18)22-15(13)23/h2-6,8H,7H2,1H3,(H2,18,21,22). The van der Waals surface area contributed by atoms with Gasteiger partial charge in [-0.25, -0.2) is 9.97 Å². The van der Waals surface area contributed by atoms with Crippen LogP contribution in [0.4, 0.5) is 5.95 Å². The molecule has 0 radical (unpaired) electrons. The number of fused-ring (bicyclic) bond motifs is 2. The summed E-state index contributed by atoms with van der Waals surface area (Å²) in [5.74, 6) is 0.216. The molecule has 7 heteroatoms. The molecule has 3 aromatic heterocycles. The quantitative estimate of drug-likeness (QED) is 0.549. The van der Waals surface area contributed by atoms with Gasteiger partial charge in [0.2, 0.25) is 5.95 Å². The summed E-state index contributed by atoms with van der Waals surface area (Å²) in [7, 11) is 0. The van der Waals surface area contributed by atoms with Crippen molar-refractivity contribution < 1.29 is 0 Å². The van der Waals surface area contributed by atoms with Gasteiger partial charge in [-0.05, 0) is 40.5 Å². The smallest absolute Gasteiger partial charge is 0.223 e. The molecule has 3 heterocycles. The van der Waals surface area contributed by atoms with Gasteiger partial charge < -0.3 is 10.3 Å². The van der Waals surface area contributed by atoms with Gasteiger partial charge in [0.1, 0.15) is 10.1 Å². The lowest BCUT2D eigenvalue weighted by molar-refractivity contribution is 0.791. The normalized spacial score (nSPS) is 11.4. The molecule has 2 N–H and O–H groups in total. The zero-order valence-corrected chi connectivity index (χ0v) is 13.9. The van der Waals surface area contributed by atoms with Gasteiger partial charge in [-0.2, -0.15) is 4.98 Å². The summed E-state index contributed by atoms with van der Waals surface area (Å²) < 4.78 is 2.52. The number of rotatable bonds is 2. The van der Waals surface area contributed by atoms with Crippen molar-refractivity contribution in [3.63, 3.8) is 0 Å². The molecule has 0 fully saturated rings. The van der Waals surface area contributed by atoms with E-state index in [4.69, 9.17) is 10.7 Å². The van der Waals surface area contributed by atoms with Crippen molar-refractivity contribution in [1.82, 2.24) is 24.5 Å². The first kappa shape index (κ1) is 14.1. The predicted octanol–water partition coefficient (Wildman–Crippen LogP) is 3.08. The maximum Gasteiger partial charge on any atom is 0.223 e. The van der Waals surface area contributed by atoms with Crippen molar-refractivity contribution in [3.05, 3.63) is 52.5 Å². The topological polar surface area (TPSA) is 82.5 Å². The third kappa shape index (κ3) is 2.43. The minimum Gasteiger partial charge on any atom is -0.368 e. The van der Waals surface area contributed by atoms with E-state index in [1.807, 2.05) is 22.8 Å². The first-order valence-electron chi connectivity index (χ1n) is 7.11. The van der Waals surface area contributed by atoms with Crippen LogP contribution in [0.1, 0.15) is 11.3 Å². The van der Waals surface area contributed by atoms with E-state index in [0.29, 0.717) is 22.3 Å². The van der Waals surface area contributed by atoms with Crippen molar-refractivity contribution >= 4 is 43.9 Å². The Bertz CT molecular complexity index is 1040. The summed E-state index contributed by atoms with van der Waals surface area (Å²) in [6, 6.07) is 10.2. The SMILES string of the molecule is Cc1cc(Cn2cnc3c(Br)nc(N)nc32)nc2ccccc12. The van der Waals surface area contributed by atoms with E-state index in [1.54, 1.807) is 6.33 Å². The summed E-state index contributed by atoms with van der Waals surface area (Å²) in [4.78, 5) is 17.4. The maximum absolute atomic E-state index is 5.74. The Hall–Kier alpha value is -2.54. The molecule has 0 unspecified atom stereocenters. The average Bonchev–Trinajstić information content (AvgIpc) is 2.90. The fraction of sp³-hybridized carbons (Fsp3) is 0.125. The molecule has 114 valence electrons. The molecule has 0 bridgehead atoms. The molecule has 4 aromatic rings. The van der Waals surface area contributed by atoms with Gasteiger partial charge in [-0.3, -0.25) is 4.98 Å². The lowest BCUT2D eigenvalue weighted by Crippen LogP contribution is -2.04. The van der Waals surface area contributed by atoms with Crippen LogP contribution in [-0.2, 0) is 6.54 Å². The zero-order valence-electron chi connectivity index (χ0n) is 12.4. The van der Waals surface area contributed by atoms with Crippen molar-refractivity contribution in [2.75, 3.05) is 5.73 Å². The van der Waals surface area contributed by atoms with Crippen molar-refractivity contribution in [1.29, 1.82) is 0 Å². The van der Waals surface area contributed by atoms with E-state index in [-0.39, 0.29) is 5.95 Å². The largest absolute Gasteiger partial charge is 0.368 e. The lowest BCUT2D eigenvalue weighted by atomic mass is 10.1. The van der Waals surface area contributed by atoms with Crippen LogP contribution in [0, 0.1) is 6.92 Å². The van der Waals surface area contributed by atoms with Gasteiger partial charge in [-0.15, -0.1) is 0 Å². The highest BCUT2D eigenvalue weighted by Gasteiger charge is 2.11. The minimum absolute atomic E-state index is 0.216. The fourth-order valence-electron chi connectivity index (χ4n) is 2.72. The molecule has 6 nitrogen and oxygen atoms in total. The highest BCUT2D eigenvalue weighted by molar-refractivity contribution is 9.10. The first-order valence-corrected chi connectivity index (χ1v) is 7.90. The van der Waals surface area contributed by atoms with Crippen molar-refractivity contribution in [2.45, 2.75) is 13.5 Å². The highest BCUT2D eigenvalue weighted by atomic mass is 79.9. The Kier molecular flexibility index (Phi) is 3.23. The lowest BCUT2D eigenvalue weighted by Gasteiger charge is -2.08. The van der Waals surface area contributed by atoms with Crippen LogP contribution >= 0.6 is 15.9 Å².